The summed E-state index contributed by atoms with van der Waals surface area (Å²) in [7, 11) is 0. The predicted octanol–water partition coefficient (Wildman–Crippen LogP) is 3.36. The Labute approximate surface area is 105 Å². The number of benzene rings is 1. The molecule has 1 aromatic rings. The van der Waals surface area contributed by atoms with E-state index in [0.717, 1.165) is 19.7 Å². The van der Waals surface area contributed by atoms with E-state index in [4.69, 9.17) is 4.74 Å². The van der Waals surface area contributed by atoms with Gasteiger partial charge in [0.15, 0.2) is 0 Å². The van der Waals surface area contributed by atoms with E-state index < -0.39 is 0 Å². The molecular formula is C15H25NO. The minimum Gasteiger partial charge on any atom is -0.377 e. The molecule has 1 N–H and O–H groups in total. The molecule has 0 aliphatic rings. The van der Waals surface area contributed by atoms with Gasteiger partial charge < -0.3 is 10.1 Å². The van der Waals surface area contributed by atoms with E-state index >= 15 is 0 Å². The fraction of sp³-hybridized carbons (Fsp3) is 0.600. The molecule has 0 amide bonds. The number of ether oxygens (including phenoxy) is 1. The summed E-state index contributed by atoms with van der Waals surface area (Å²) in [5, 5.41) is 3.50. The van der Waals surface area contributed by atoms with Crippen molar-refractivity contribution in [2.75, 3.05) is 13.2 Å². The number of hydrogen-bond acceptors (Lipinski definition) is 2. The Balaban J connectivity index is 2.51. The Kier molecular flexibility index (Phi) is 5.66. The van der Waals surface area contributed by atoms with Crippen molar-refractivity contribution in [2.24, 2.45) is 5.41 Å². The van der Waals surface area contributed by atoms with Crippen LogP contribution in [-0.2, 0) is 17.9 Å². The second-order valence-electron chi connectivity index (χ2n) is 5.57. The molecule has 0 heterocycles. The van der Waals surface area contributed by atoms with Gasteiger partial charge in [-0.05, 0) is 23.5 Å². The molecule has 0 radical (unpaired) electrons. The summed E-state index contributed by atoms with van der Waals surface area (Å²) in [5.74, 6) is 0. The van der Waals surface area contributed by atoms with Gasteiger partial charge in [-0.3, -0.25) is 0 Å². The van der Waals surface area contributed by atoms with Crippen molar-refractivity contribution in [1.82, 2.24) is 5.32 Å². The Bertz CT molecular complexity index is 328. The van der Waals surface area contributed by atoms with E-state index in [1.165, 1.54) is 11.1 Å². The fourth-order valence-electron chi connectivity index (χ4n) is 1.65. The largest absolute Gasteiger partial charge is 0.377 e. The van der Waals surface area contributed by atoms with E-state index in [9.17, 15) is 0 Å². The number of rotatable bonds is 6. The van der Waals surface area contributed by atoms with Crippen molar-refractivity contribution in [3.8, 4) is 0 Å². The lowest BCUT2D eigenvalue weighted by Crippen LogP contribution is -2.26. The second-order valence-corrected chi connectivity index (χ2v) is 5.57. The van der Waals surface area contributed by atoms with Crippen molar-refractivity contribution in [2.45, 2.75) is 40.8 Å². The van der Waals surface area contributed by atoms with Gasteiger partial charge >= 0.3 is 0 Å². The molecule has 0 saturated heterocycles. The molecule has 0 aromatic heterocycles. The molecule has 1 rings (SSSR count). The van der Waals surface area contributed by atoms with Crippen LogP contribution in [0.1, 0.15) is 38.8 Å². The summed E-state index contributed by atoms with van der Waals surface area (Å²) in [6.45, 7) is 12.2. The molecule has 0 saturated carbocycles. The number of hydrogen-bond donors (Lipinski definition) is 1. The molecular weight excluding hydrogens is 210 g/mol. The molecule has 0 atom stereocenters. The lowest BCUT2D eigenvalue weighted by Gasteiger charge is -2.19. The first kappa shape index (κ1) is 14.2. The van der Waals surface area contributed by atoms with Crippen molar-refractivity contribution in [1.29, 1.82) is 0 Å². The lowest BCUT2D eigenvalue weighted by molar-refractivity contribution is 0.133. The monoisotopic (exact) mass is 235 g/mol. The summed E-state index contributed by atoms with van der Waals surface area (Å²) in [6.07, 6.45) is 0. The van der Waals surface area contributed by atoms with Crippen LogP contribution in [0.25, 0.3) is 0 Å². The molecule has 0 aliphatic heterocycles. The van der Waals surface area contributed by atoms with Gasteiger partial charge in [0.25, 0.3) is 0 Å². The highest BCUT2D eigenvalue weighted by Crippen LogP contribution is 2.13. The van der Waals surface area contributed by atoms with Gasteiger partial charge in [0, 0.05) is 19.7 Å². The van der Waals surface area contributed by atoms with Crippen LogP contribution in [0.2, 0.25) is 0 Å². The van der Waals surface area contributed by atoms with E-state index in [-0.39, 0.29) is 0 Å². The highest BCUT2D eigenvalue weighted by molar-refractivity contribution is 5.26. The fourth-order valence-corrected chi connectivity index (χ4v) is 1.65. The van der Waals surface area contributed by atoms with Crippen LogP contribution in [0.15, 0.2) is 24.3 Å². The third-order valence-electron chi connectivity index (χ3n) is 2.55. The van der Waals surface area contributed by atoms with Crippen molar-refractivity contribution in [3.05, 3.63) is 35.4 Å². The highest BCUT2D eigenvalue weighted by atomic mass is 16.5. The Morgan fingerprint density at radius 1 is 1.12 bits per heavy atom. The zero-order valence-electron chi connectivity index (χ0n) is 11.5. The number of nitrogens with one attached hydrogen (secondary N) is 1. The summed E-state index contributed by atoms with van der Waals surface area (Å²) in [4.78, 5) is 0. The molecule has 0 spiro atoms. The standard InChI is InChI=1S/C15H25NO/c1-5-17-11-14-9-7-6-8-13(14)10-16-12-15(2,3)4/h6-9,16H,5,10-12H2,1-4H3. The van der Waals surface area contributed by atoms with E-state index in [1.54, 1.807) is 0 Å². The Hall–Kier alpha value is -0.860. The summed E-state index contributed by atoms with van der Waals surface area (Å²) >= 11 is 0. The molecule has 0 bridgehead atoms. The first-order valence-electron chi connectivity index (χ1n) is 6.38. The molecule has 0 fully saturated rings. The van der Waals surface area contributed by atoms with Gasteiger partial charge in [-0.25, -0.2) is 0 Å². The van der Waals surface area contributed by atoms with E-state index in [1.807, 2.05) is 6.92 Å². The van der Waals surface area contributed by atoms with E-state index in [2.05, 4.69) is 50.4 Å². The average Bonchev–Trinajstić information content (AvgIpc) is 2.26. The third kappa shape index (κ3) is 5.85. The van der Waals surface area contributed by atoms with Crippen LogP contribution in [0.5, 0.6) is 0 Å². The van der Waals surface area contributed by atoms with Gasteiger partial charge in [-0.15, -0.1) is 0 Å². The molecule has 2 heteroatoms. The maximum absolute atomic E-state index is 5.48. The topological polar surface area (TPSA) is 21.3 Å². The van der Waals surface area contributed by atoms with Crippen molar-refractivity contribution in [3.63, 3.8) is 0 Å². The molecule has 2 nitrogen and oxygen atoms in total. The molecule has 0 aliphatic carbocycles. The first-order valence-corrected chi connectivity index (χ1v) is 6.38. The minimum atomic E-state index is 0.328. The van der Waals surface area contributed by atoms with Crippen LogP contribution in [0.3, 0.4) is 0 Å². The van der Waals surface area contributed by atoms with Crippen LogP contribution < -0.4 is 5.32 Å². The van der Waals surface area contributed by atoms with Crippen molar-refractivity contribution >= 4 is 0 Å². The van der Waals surface area contributed by atoms with Crippen LogP contribution in [-0.4, -0.2) is 13.2 Å². The first-order chi connectivity index (χ1) is 8.03. The van der Waals surface area contributed by atoms with Gasteiger partial charge in [0.2, 0.25) is 0 Å². The van der Waals surface area contributed by atoms with E-state index in [0.29, 0.717) is 12.0 Å². The molecule has 96 valence electrons. The van der Waals surface area contributed by atoms with Crippen LogP contribution in [0, 0.1) is 5.41 Å². The van der Waals surface area contributed by atoms with Gasteiger partial charge in [-0.1, -0.05) is 45.0 Å². The lowest BCUT2D eigenvalue weighted by atomic mass is 9.97. The molecule has 1 aromatic carbocycles. The molecule has 17 heavy (non-hydrogen) atoms. The zero-order chi connectivity index (χ0) is 12.7. The average molecular weight is 235 g/mol. The van der Waals surface area contributed by atoms with Gasteiger partial charge in [-0.2, -0.15) is 0 Å². The minimum absolute atomic E-state index is 0.328. The maximum atomic E-state index is 5.48. The predicted molar refractivity (Wildman–Crippen MR) is 72.9 cm³/mol. The maximum Gasteiger partial charge on any atom is 0.0719 e. The normalized spacial score (nSPS) is 11.8. The quantitative estimate of drug-likeness (QED) is 0.816. The van der Waals surface area contributed by atoms with Gasteiger partial charge in [0.1, 0.15) is 0 Å². The highest BCUT2D eigenvalue weighted by Gasteiger charge is 2.09. The summed E-state index contributed by atoms with van der Waals surface area (Å²) < 4.78 is 5.48. The summed E-state index contributed by atoms with van der Waals surface area (Å²) in [6, 6.07) is 8.47. The Morgan fingerprint density at radius 2 is 1.76 bits per heavy atom. The SMILES string of the molecule is CCOCc1ccccc1CNCC(C)(C)C. The van der Waals surface area contributed by atoms with Crippen LogP contribution in [0.4, 0.5) is 0 Å². The third-order valence-corrected chi connectivity index (χ3v) is 2.55. The van der Waals surface area contributed by atoms with Crippen molar-refractivity contribution < 1.29 is 4.74 Å². The second kappa shape index (κ2) is 6.77. The zero-order valence-corrected chi connectivity index (χ0v) is 11.5. The van der Waals surface area contributed by atoms with Gasteiger partial charge in [0.05, 0.1) is 6.61 Å². The Morgan fingerprint density at radius 3 is 2.35 bits per heavy atom. The van der Waals surface area contributed by atoms with Crippen LogP contribution >= 0.6 is 0 Å². The summed E-state index contributed by atoms with van der Waals surface area (Å²) in [5.41, 5.74) is 2.95. The molecule has 0 unspecified atom stereocenters. The smallest absolute Gasteiger partial charge is 0.0719 e.